The van der Waals surface area contributed by atoms with Gasteiger partial charge in [-0.1, -0.05) is 74.5 Å². The molecule has 5 aromatic carbocycles. The molecule has 17 nitrogen and oxygen atoms in total. The summed E-state index contributed by atoms with van der Waals surface area (Å²) in [5.41, 5.74) is 15.8. The number of anilines is 3. The van der Waals surface area contributed by atoms with E-state index in [4.69, 9.17) is 44.1 Å². The second-order valence-electron chi connectivity index (χ2n) is 19.7. The molecule has 0 radical (unpaired) electrons. The van der Waals surface area contributed by atoms with Crippen LogP contribution in [0.2, 0.25) is 0 Å². The Morgan fingerprint density at radius 1 is 0.716 bits per heavy atom. The minimum absolute atomic E-state index is 0.109. The quantitative estimate of drug-likeness (QED) is 0.0408. The van der Waals surface area contributed by atoms with Crippen LogP contribution < -0.4 is 46.7 Å². The van der Waals surface area contributed by atoms with Crippen molar-refractivity contribution in [3.63, 3.8) is 0 Å². The van der Waals surface area contributed by atoms with E-state index in [-0.39, 0.29) is 62.0 Å². The minimum atomic E-state index is -0.911. The lowest BCUT2D eigenvalue weighted by Crippen LogP contribution is -2.51. The number of likely N-dealkylation sites (N-methyl/N-ethyl adjacent to an activating group) is 1. The van der Waals surface area contributed by atoms with Crippen LogP contribution in [0.1, 0.15) is 74.5 Å². The number of carbonyl (C=O) groups is 6. The summed E-state index contributed by atoms with van der Waals surface area (Å²) in [5, 5.41) is 11.6. The van der Waals surface area contributed by atoms with Gasteiger partial charge in [0, 0.05) is 111 Å². The first-order valence-corrected chi connectivity index (χ1v) is 26.3. The Balaban J connectivity index is 0.930. The Labute approximate surface area is 441 Å². The number of hydrogen-bond acceptors (Lipinski definition) is 10. The lowest BCUT2D eigenvalue weighted by Gasteiger charge is -2.31. The van der Waals surface area contributed by atoms with Crippen molar-refractivity contribution < 1.29 is 38.2 Å². The Morgan fingerprint density at radius 3 is 1.80 bits per heavy atom. The molecule has 3 aliphatic heterocycles. The summed E-state index contributed by atoms with van der Waals surface area (Å²) < 4.78 is 12.6. The van der Waals surface area contributed by atoms with Gasteiger partial charge in [-0.25, -0.2) is 9.59 Å². The monoisotopic (exact) mass is 1050 g/mol. The van der Waals surface area contributed by atoms with Crippen molar-refractivity contribution in [1.29, 1.82) is 0 Å². The number of nitrogens with one attached hydrogen (secondary N) is 3. The number of hydrogen-bond donors (Lipinski definition) is 5. The molecule has 19 heteroatoms. The Hall–Kier alpha value is -6.66. The smallest absolute Gasteiger partial charge is 0.415 e. The molecule has 7 amide bonds. The van der Waals surface area contributed by atoms with Gasteiger partial charge >= 0.3 is 12.1 Å². The summed E-state index contributed by atoms with van der Waals surface area (Å²) in [7, 11) is 2.02. The highest BCUT2D eigenvalue weighted by Crippen LogP contribution is 2.48. The number of alkyl halides is 2. The Kier molecular flexibility index (Phi) is 17.5. The van der Waals surface area contributed by atoms with Crippen molar-refractivity contribution in [3.05, 3.63) is 102 Å². The number of halogens is 2. The van der Waals surface area contributed by atoms with Gasteiger partial charge in [0.05, 0.1) is 17.4 Å². The van der Waals surface area contributed by atoms with Crippen molar-refractivity contribution in [2.45, 2.75) is 76.5 Å². The summed E-state index contributed by atoms with van der Waals surface area (Å²) in [4.78, 5) is 86.6. The van der Waals surface area contributed by atoms with Gasteiger partial charge in [-0.15, -0.1) is 23.2 Å². The van der Waals surface area contributed by atoms with Gasteiger partial charge in [0.15, 0.2) is 0 Å². The van der Waals surface area contributed by atoms with Crippen molar-refractivity contribution in [3.8, 4) is 11.5 Å². The highest BCUT2D eigenvalue weighted by molar-refractivity contribution is 6.19. The normalized spacial score (nSPS) is 17.2. The van der Waals surface area contributed by atoms with Crippen LogP contribution in [-0.2, 0) is 25.8 Å². The van der Waals surface area contributed by atoms with Crippen LogP contribution in [0, 0.1) is 5.92 Å². The molecule has 5 aromatic rings. The second-order valence-corrected chi connectivity index (χ2v) is 20.3. The molecule has 1 fully saturated rings. The van der Waals surface area contributed by atoms with E-state index in [9.17, 15) is 28.8 Å². The molecule has 8 rings (SSSR count). The fourth-order valence-corrected chi connectivity index (χ4v) is 10.5. The zero-order valence-electron chi connectivity index (χ0n) is 42.0. The van der Waals surface area contributed by atoms with Gasteiger partial charge in [-0.3, -0.25) is 19.2 Å². The number of nitrogens with zero attached hydrogens (tertiary/aromatic N) is 4. The van der Waals surface area contributed by atoms with Crippen LogP contribution in [0.25, 0.3) is 21.5 Å². The maximum atomic E-state index is 14.3. The average Bonchev–Trinajstić information content (AvgIpc) is 3.98. The fourth-order valence-electron chi connectivity index (χ4n) is 9.99. The van der Waals surface area contributed by atoms with E-state index in [1.807, 2.05) is 87.6 Å². The van der Waals surface area contributed by atoms with E-state index in [1.165, 1.54) is 0 Å². The zero-order chi connectivity index (χ0) is 52.6. The third kappa shape index (κ3) is 12.1. The van der Waals surface area contributed by atoms with Gasteiger partial charge < -0.3 is 56.5 Å². The maximum absolute atomic E-state index is 14.3. The first-order valence-electron chi connectivity index (χ1n) is 25.3. The highest BCUT2D eigenvalue weighted by atomic mass is 35.5. The van der Waals surface area contributed by atoms with Crippen LogP contribution in [0.4, 0.5) is 26.7 Å². The number of piperazine rings is 1. The first kappa shape index (κ1) is 53.6. The van der Waals surface area contributed by atoms with Crippen LogP contribution in [0.3, 0.4) is 0 Å². The van der Waals surface area contributed by atoms with Crippen molar-refractivity contribution >= 4 is 97.6 Å². The van der Waals surface area contributed by atoms with Crippen LogP contribution in [0.15, 0.2) is 84.9 Å². The molecular weight excluding hydrogens is 986 g/mol. The third-order valence-electron chi connectivity index (χ3n) is 14.2. The number of benzene rings is 5. The van der Waals surface area contributed by atoms with Gasteiger partial charge in [0.25, 0.3) is 0 Å². The summed E-state index contributed by atoms with van der Waals surface area (Å²) in [6.45, 7) is 7.41. The van der Waals surface area contributed by atoms with Crippen molar-refractivity contribution in [1.82, 2.24) is 20.4 Å². The van der Waals surface area contributed by atoms with E-state index in [1.54, 1.807) is 32.9 Å². The number of fused-ring (bicyclic) bond motifs is 6. The van der Waals surface area contributed by atoms with Gasteiger partial charge in [-0.05, 0) is 71.8 Å². The third-order valence-corrected chi connectivity index (χ3v) is 15.0. The number of urea groups is 1. The number of ether oxygens (including phenoxy) is 2. The summed E-state index contributed by atoms with van der Waals surface area (Å²) in [5.74, 6) is -0.0388. The lowest BCUT2D eigenvalue weighted by atomic mass is 9.95. The molecule has 3 heterocycles. The predicted molar refractivity (Wildman–Crippen MR) is 289 cm³/mol. The molecular formula is C55H65Cl2N9O8. The Bertz CT molecular complexity index is 2900. The molecule has 392 valence electrons. The van der Waals surface area contributed by atoms with E-state index in [0.29, 0.717) is 79.3 Å². The second kappa shape index (κ2) is 24.1. The summed E-state index contributed by atoms with van der Waals surface area (Å²) >= 11 is 13.2. The fraction of sp³-hybridized carbons (Fsp3) is 0.418. The zero-order valence-corrected chi connectivity index (χ0v) is 43.6. The number of amides is 7. The lowest BCUT2D eigenvalue weighted by molar-refractivity contribution is -0.128. The molecule has 4 atom stereocenters. The SMILES string of the molecule is CC(C)[C@H](N)C(=O)N[C@@H](CCCNC(N)=O)C(=O)Nc1ccc(COc2cc3c(c4ccccc24)[C@H](CCl)CN3C(=O)CCCC(=O)N2C[C@@H](CCl)c3c2cc(OC(=O)N2CCN(C)CC2)c2ccccc32)cc1. The van der Waals surface area contributed by atoms with Crippen molar-refractivity contribution in [2.24, 2.45) is 17.4 Å². The topological polar surface area (TPSA) is 222 Å². The molecule has 0 aliphatic carbocycles. The molecule has 0 unspecified atom stereocenters. The predicted octanol–water partition coefficient (Wildman–Crippen LogP) is 7.38. The average molecular weight is 1050 g/mol. The van der Waals surface area contributed by atoms with Gasteiger partial charge in [-0.2, -0.15) is 0 Å². The number of rotatable bonds is 19. The minimum Gasteiger partial charge on any atom is -0.488 e. The number of nitrogens with two attached hydrogens (primary N) is 2. The van der Waals surface area contributed by atoms with E-state index in [0.717, 1.165) is 51.3 Å². The number of carbonyl (C=O) groups excluding carboxylic acids is 6. The van der Waals surface area contributed by atoms with E-state index in [2.05, 4.69) is 20.9 Å². The van der Waals surface area contributed by atoms with Crippen LogP contribution in [0.5, 0.6) is 11.5 Å². The summed E-state index contributed by atoms with van der Waals surface area (Å²) in [6.07, 6.45) is 0.715. The summed E-state index contributed by atoms with van der Waals surface area (Å²) in [6, 6.07) is 24.0. The van der Waals surface area contributed by atoms with Crippen LogP contribution >= 0.6 is 23.2 Å². The van der Waals surface area contributed by atoms with E-state index < -0.39 is 36.0 Å². The van der Waals surface area contributed by atoms with Gasteiger partial charge in [0.1, 0.15) is 24.1 Å². The van der Waals surface area contributed by atoms with Gasteiger partial charge in [0.2, 0.25) is 23.6 Å². The molecule has 0 bridgehead atoms. The molecule has 7 N–H and O–H groups in total. The molecule has 3 aliphatic rings. The molecule has 0 aromatic heterocycles. The molecule has 0 spiro atoms. The maximum Gasteiger partial charge on any atom is 0.415 e. The van der Waals surface area contributed by atoms with E-state index >= 15 is 0 Å². The number of primary amides is 1. The highest BCUT2D eigenvalue weighted by Gasteiger charge is 2.37. The molecule has 74 heavy (non-hydrogen) atoms. The van der Waals surface area contributed by atoms with Crippen molar-refractivity contribution in [2.75, 3.05) is 79.7 Å². The molecule has 0 saturated carbocycles. The van der Waals surface area contributed by atoms with Crippen LogP contribution in [-0.4, -0.2) is 122 Å². The largest absolute Gasteiger partial charge is 0.488 e. The standard InChI is InChI=1S/C55H65Cl2N9O8/c1-33(2)51(58)53(70)62-42(14-9-21-60-54(59)71)52(69)61-37-19-17-34(18-20-37)32-73-45-26-43-49(40-12-6-4-10-38(40)45)35(28-56)30-65(43)47(67)15-8-16-48(68)66-31-36(29-57)50-41-13-7-5-11-39(41)46(27-44(50)66)74-55(72)64-24-22-63(3)23-25-64/h4-7,10-13,17-20,26-27,33,35-36,42,51H,8-9,14-16,21-25,28-32,58H2,1-3H3,(H,61,69)(H,62,70)(H3,59,60,71)/t35-,36-,42+,51+/m1/s1. The molecule has 1 saturated heterocycles. The first-order chi connectivity index (χ1) is 35.6. The Morgan fingerprint density at radius 2 is 1.26 bits per heavy atom.